The maximum atomic E-state index is 11.9. The summed E-state index contributed by atoms with van der Waals surface area (Å²) < 4.78 is 6.02. The van der Waals surface area contributed by atoms with E-state index in [4.69, 9.17) is 10.5 Å². The van der Waals surface area contributed by atoms with Gasteiger partial charge in [0.15, 0.2) is 0 Å². The quantitative estimate of drug-likeness (QED) is 0.508. The summed E-state index contributed by atoms with van der Waals surface area (Å²) in [4.78, 5) is 11.9. The highest BCUT2D eigenvalue weighted by molar-refractivity contribution is 9.10. The Morgan fingerprint density at radius 1 is 1.50 bits per heavy atom. The van der Waals surface area contributed by atoms with Gasteiger partial charge in [0, 0.05) is 15.9 Å². The number of nitrogen functional groups attached to an aromatic ring is 1. The van der Waals surface area contributed by atoms with Crippen molar-refractivity contribution >= 4 is 39.3 Å². The van der Waals surface area contributed by atoms with Crippen LogP contribution in [-0.2, 0) is 4.74 Å². The zero-order valence-corrected chi connectivity index (χ0v) is 13.2. The number of nitrogens with two attached hydrogens (primary N) is 1. The van der Waals surface area contributed by atoms with Crippen molar-refractivity contribution in [3.8, 4) is 0 Å². The molecule has 0 amide bonds. The third-order valence-electron chi connectivity index (χ3n) is 2.40. The lowest BCUT2D eigenvalue weighted by Crippen LogP contribution is -2.11. The van der Waals surface area contributed by atoms with E-state index in [0.29, 0.717) is 23.1 Å². The van der Waals surface area contributed by atoms with Gasteiger partial charge in [-0.15, -0.1) is 0 Å². The highest BCUT2D eigenvalue weighted by Gasteiger charge is 2.13. The zero-order chi connectivity index (χ0) is 13.7. The Labute approximate surface area is 121 Å². The Bertz CT molecular complexity index is 435. The molecule has 2 N–H and O–H groups in total. The average Bonchev–Trinajstić information content (AvgIpc) is 2.28. The van der Waals surface area contributed by atoms with Crippen LogP contribution >= 0.6 is 27.7 Å². The van der Waals surface area contributed by atoms with Gasteiger partial charge in [0.25, 0.3) is 0 Å². The Hall–Kier alpha value is -0.680. The number of esters is 1. The number of benzene rings is 1. The van der Waals surface area contributed by atoms with E-state index >= 15 is 0 Å². The number of hydrogen-bond acceptors (Lipinski definition) is 4. The summed E-state index contributed by atoms with van der Waals surface area (Å²) in [6.07, 6.45) is 0. The maximum Gasteiger partial charge on any atom is 0.338 e. The second-order valence-electron chi connectivity index (χ2n) is 4.22. The van der Waals surface area contributed by atoms with E-state index in [1.807, 2.05) is 6.92 Å². The molecule has 0 aliphatic heterocycles. The van der Waals surface area contributed by atoms with Gasteiger partial charge in [-0.25, -0.2) is 4.79 Å². The van der Waals surface area contributed by atoms with Crippen molar-refractivity contribution in [3.05, 3.63) is 27.7 Å². The lowest BCUT2D eigenvalue weighted by atomic mass is 10.1. The molecule has 0 saturated carbocycles. The van der Waals surface area contributed by atoms with Crippen LogP contribution in [0.4, 0.5) is 5.69 Å². The van der Waals surface area contributed by atoms with Gasteiger partial charge in [-0.2, -0.15) is 11.8 Å². The Balaban J connectivity index is 2.62. The number of rotatable bonds is 5. The molecule has 5 heteroatoms. The van der Waals surface area contributed by atoms with Crippen LogP contribution in [0.1, 0.15) is 29.8 Å². The van der Waals surface area contributed by atoms with Gasteiger partial charge in [-0.3, -0.25) is 0 Å². The molecule has 0 atom stereocenters. The molecule has 1 rings (SSSR count). The first-order chi connectivity index (χ1) is 8.41. The average molecular weight is 332 g/mol. The largest absolute Gasteiger partial charge is 0.461 e. The molecule has 0 fully saturated rings. The summed E-state index contributed by atoms with van der Waals surface area (Å²) in [6, 6.07) is 3.52. The molecule has 0 bridgehead atoms. The number of ether oxygens (including phenoxy) is 1. The molecular formula is C13H18BrNO2S. The number of anilines is 1. The molecule has 0 aromatic heterocycles. The summed E-state index contributed by atoms with van der Waals surface area (Å²) in [6.45, 7) is 6.48. The molecule has 0 unspecified atom stereocenters. The summed E-state index contributed by atoms with van der Waals surface area (Å²) in [5, 5.41) is 0.548. The zero-order valence-electron chi connectivity index (χ0n) is 10.8. The minimum absolute atomic E-state index is 0.315. The fourth-order valence-electron chi connectivity index (χ4n) is 1.41. The predicted molar refractivity (Wildman–Crippen MR) is 81.2 cm³/mol. The van der Waals surface area contributed by atoms with Crippen LogP contribution in [0.5, 0.6) is 0 Å². The second-order valence-corrected chi connectivity index (χ2v) is 6.82. The van der Waals surface area contributed by atoms with E-state index in [1.54, 1.807) is 23.9 Å². The number of hydrogen-bond donors (Lipinski definition) is 1. The Morgan fingerprint density at radius 3 is 2.78 bits per heavy atom. The first kappa shape index (κ1) is 15.4. The Morgan fingerprint density at radius 2 is 2.17 bits per heavy atom. The van der Waals surface area contributed by atoms with Crippen molar-refractivity contribution in [1.82, 2.24) is 0 Å². The van der Waals surface area contributed by atoms with Crippen LogP contribution in [0.15, 0.2) is 16.6 Å². The SMILES string of the molecule is Cc1c(N)cc(Br)cc1C(=O)OCCSC(C)C. The first-order valence-electron chi connectivity index (χ1n) is 5.76. The van der Waals surface area contributed by atoms with Crippen molar-refractivity contribution in [1.29, 1.82) is 0 Å². The molecule has 18 heavy (non-hydrogen) atoms. The summed E-state index contributed by atoms with van der Waals surface area (Å²) in [5.41, 5.74) is 7.69. The second kappa shape index (κ2) is 7.04. The topological polar surface area (TPSA) is 52.3 Å². The van der Waals surface area contributed by atoms with Gasteiger partial charge in [0.1, 0.15) is 6.61 Å². The van der Waals surface area contributed by atoms with E-state index in [2.05, 4.69) is 29.8 Å². The summed E-state index contributed by atoms with van der Waals surface area (Å²) >= 11 is 5.09. The number of carbonyl (C=O) groups is 1. The smallest absolute Gasteiger partial charge is 0.338 e. The van der Waals surface area contributed by atoms with Crippen molar-refractivity contribution < 1.29 is 9.53 Å². The molecule has 3 nitrogen and oxygen atoms in total. The van der Waals surface area contributed by atoms with Crippen LogP contribution < -0.4 is 5.73 Å². The van der Waals surface area contributed by atoms with E-state index in [0.717, 1.165) is 15.8 Å². The highest BCUT2D eigenvalue weighted by Crippen LogP contribution is 2.23. The molecule has 1 aromatic rings. The highest BCUT2D eigenvalue weighted by atomic mass is 79.9. The molecule has 0 saturated heterocycles. The van der Waals surface area contributed by atoms with Crippen molar-refractivity contribution in [3.63, 3.8) is 0 Å². The van der Waals surface area contributed by atoms with E-state index in [1.165, 1.54) is 0 Å². The standard InChI is InChI=1S/C13H18BrNO2S/c1-8(2)18-5-4-17-13(16)11-6-10(14)7-12(15)9(11)3/h6-8H,4-5,15H2,1-3H3. The minimum Gasteiger partial charge on any atom is -0.461 e. The van der Waals surface area contributed by atoms with Crippen molar-refractivity contribution in [2.45, 2.75) is 26.0 Å². The predicted octanol–water partition coefficient (Wildman–Crippen LogP) is 3.64. The molecule has 100 valence electrons. The number of carbonyl (C=O) groups excluding carboxylic acids is 1. The van der Waals surface area contributed by atoms with Crippen LogP contribution in [-0.4, -0.2) is 23.6 Å². The monoisotopic (exact) mass is 331 g/mol. The molecule has 0 spiro atoms. The normalized spacial score (nSPS) is 10.7. The van der Waals surface area contributed by atoms with Gasteiger partial charge in [-0.05, 0) is 29.9 Å². The van der Waals surface area contributed by atoms with Crippen LogP contribution in [0.2, 0.25) is 0 Å². The lowest BCUT2D eigenvalue weighted by Gasteiger charge is -2.10. The Kier molecular flexibility index (Phi) is 6.02. The molecule has 0 aliphatic rings. The van der Waals surface area contributed by atoms with Gasteiger partial charge < -0.3 is 10.5 Å². The van der Waals surface area contributed by atoms with Crippen LogP contribution in [0.25, 0.3) is 0 Å². The number of halogens is 1. The fraction of sp³-hybridized carbons (Fsp3) is 0.462. The summed E-state index contributed by atoms with van der Waals surface area (Å²) in [7, 11) is 0. The van der Waals surface area contributed by atoms with E-state index in [-0.39, 0.29) is 5.97 Å². The van der Waals surface area contributed by atoms with Crippen LogP contribution in [0.3, 0.4) is 0 Å². The van der Waals surface area contributed by atoms with E-state index < -0.39 is 0 Å². The molecule has 0 radical (unpaired) electrons. The maximum absolute atomic E-state index is 11.9. The first-order valence-corrected chi connectivity index (χ1v) is 7.60. The lowest BCUT2D eigenvalue weighted by molar-refractivity contribution is 0.0529. The van der Waals surface area contributed by atoms with Crippen LogP contribution in [0, 0.1) is 6.92 Å². The molecular weight excluding hydrogens is 314 g/mol. The molecule has 1 aromatic carbocycles. The molecule has 0 aliphatic carbocycles. The minimum atomic E-state index is -0.315. The van der Waals surface area contributed by atoms with Gasteiger partial charge >= 0.3 is 5.97 Å². The van der Waals surface area contributed by atoms with Crippen molar-refractivity contribution in [2.75, 3.05) is 18.1 Å². The van der Waals surface area contributed by atoms with Gasteiger partial charge in [-0.1, -0.05) is 29.8 Å². The van der Waals surface area contributed by atoms with E-state index in [9.17, 15) is 4.79 Å². The fourth-order valence-corrected chi connectivity index (χ4v) is 2.53. The third kappa shape index (κ3) is 4.53. The number of thioether (sulfide) groups is 1. The summed E-state index contributed by atoms with van der Waals surface area (Å²) in [5.74, 6) is 0.497. The third-order valence-corrected chi connectivity index (χ3v) is 3.93. The molecule has 0 heterocycles. The van der Waals surface area contributed by atoms with Crippen molar-refractivity contribution in [2.24, 2.45) is 0 Å². The van der Waals surface area contributed by atoms with Gasteiger partial charge in [0.2, 0.25) is 0 Å². The van der Waals surface area contributed by atoms with Gasteiger partial charge in [0.05, 0.1) is 5.56 Å².